The summed E-state index contributed by atoms with van der Waals surface area (Å²) in [7, 11) is -0.504. The van der Waals surface area contributed by atoms with E-state index in [2.05, 4.69) is 45.0 Å². The molecule has 0 spiro atoms. The Kier molecular flexibility index (Phi) is 4.86. The SMILES string of the molecule is CN(C)S(=O)(=O)c1ccc2c(c1)N(C(=O)C1(c3ccc(C(C)(C)C)cc3)CC1)CC2. The van der Waals surface area contributed by atoms with Crippen LogP contribution in [0.15, 0.2) is 47.4 Å². The predicted octanol–water partition coefficient (Wildman–Crippen LogP) is 3.86. The van der Waals surface area contributed by atoms with Crippen LogP contribution in [-0.4, -0.2) is 39.3 Å². The van der Waals surface area contributed by atoms with Crippen LogP contribution in [0.5, 0.6) is 0 Å². The molecule has 5 nitrogen and oxygen atoms in total. The third-order valence-corrected chi connectivity index (χ3v) is 8.25. The van der Waals surface area contributed by atoms with Crippen LogP contribution in [0.25, 0.3) is 0 Å². The Morgan fingerprint density at radius 3 is 2.20 bits per heavy atom. The molecule has 1 heterocycles. The molecule has 2 aromatic rings. The van der Waals surface area contributed by atoms with Crippen LogP contribution in [0.2, 0.25) is 0 Å². The Labute approximate surface area is 179 Å². The van der Waals surface area contributed by atoms with Crippen molar-refractivity contribution in [2.45, 2.75) is 55.8 Å². The number of fused-ring (bicyclic) bond motifs is 1. The number of hydrogen-bond donors (Lipinski definition) is 0. The highest BCUT2D eigenvalue weighted by Gasteiger charge is 2.54. The molecule has 1 saturated carbocycles. The molecular weight excluding hydrogens is 396 g/mol. The molecule has 2 aliphatic rings. The highest BCUT2D eigenvalue weighted by molar-refractivity contribution is 7.89. The minimum Gasteiger partial charge on any atom is -0.311 e. The summed E-state index contributed by atoms with van der Waals surface area (Å²) in [5, 5.41) is 0. The Bertz CT molecular complexity index is 1090. The molecule has 2 aromatic carbocycles. The summed E-state index contributed by atoms with van der Waals surface area (Å²) in [4.78, 5) is 15.7. The van der Waals surface area contributed by atoms with E-state index in [1.54, 1.807) is 17.0 Å². The van der Waals surface area contributed by atoms with Crippen molar-refractivity contribution in [1.29, 1.82) is 0 Å². The Hall–Kier alpha value is -2.18. The molecule has 4 rings (SSSR count). The Morgan fingerprint density at radius 2 is 1.67 bits per heavy atom. The van der Waals surface area contributed by atoms with Gasteiger partial charge >= 0.3 is 0 Å². The molecule has 0 saturated heterocycles. The summed E-state index contributed by atoms with van der Waals surface area (Å²) in [6.45, 7) is 7.14. The van der Waals surface area contributed by atoms with Crippen LogP contribution in [0, 0.1) is 0 Å². The molecule has 1 aliphatic carbocycles. The van der Waals surface area contributed by atoms with Crippen LogP contribution in [0.3, 0.4) is 0 Å². The second-order valence-electron chi connectivity index (χ2n) is 9.69. The van der Waals surface area contributed by atoms with Gasteiger partial charge in [0.2, 0.25) is 15.9 Å². The van der Waals surface area contributed by atoms with Crippen molar-refractivity contribution in [1.82, 2.24) is 4.31 Å². The molecule has 0 atom stereocenters. The number of carbonyl (C=O) groups excluding carboxylic acids is 1. The van der Waals surface area contributed by atoms with Crippen molar-refractivity contribution < 1.29 is 13.2 Å². The average Bonchev–Trinajstić information content (AvgIpc) is 3.40. The number of anilines is 1. The molecule has 0 bridgehead atoms. The third kappa shape index (κ3) is 3.36. The van der Waals surface area contributed by atoms with Gasteiger partial charge in [0.25, 0.3) is 0 Å². The molecule has 6 heteroatoms. The van der Waals surface area contributed by atoms with E-state index in [1.807, 2.05) is 6.07 Å². The van der Waals surface area contributed by atoms with Gasteiger partial charge < -0.3 is 4.90 Å². The topological polar surface area (TPSA) is 57.7 Å². The summed E-state index contributed by atoms with van der Waals surface area (Å²) < 4.78 is 26.4. The minimum absolute atomic E-state index is 0.0709. The quantitative estimate of drug-likeness (QED) is 0.746. The first kappa shape index (κ1) is 21.1. The van der Waals surface area contributed by atoms with Gasteiger partial charge in [-0.1, -0.05) is 51.1 Å². The molecule has 0 unspecified atom stereocenters. The largest absolute Gasteiger partial charge is 0.311 e. The van der Waals surface area contributed by atoms with Gasteiger partial charge in [-0.15, -0.1) is 0 Å². The first-order chi connectivity index (χ1) is 14.0. The Morgan fingerprint density at radius 1 is 1.03 bits per heavy atom. The zero-order valence-electron chi connectivity index (χ0n) is 18.4. The lowest BCUT2D eigenvalue weighted by Crippen LogP contribution is -2.38. The van der Waals surface area contributed by atoms with Crippen molar-refractivity contribution in [3.05, 3.63) is 59.2 Å². The van der Waals surface area contributed by atoms with E-state index < -0.39 is 15.4 Å². The van der Waals surface area contributed by atoms with Gasteiger partial charge in [-0.25, -0.2) is 12.7 Å². The molecule has 160 valence electrons. The van der Waals surface area contributed by atoms with Crippen LogP contribution < -0.4 is 4.90 Å². The zero-order valence-corrected chi connectivity index (χ0v) is 19.2. The fraction of sp³-hybridized carbons (Fsp3) is 0.458. The monoisotopic (exact) mass is 426 g/mol. The van der Waals surface area contributed by atoms with E-state index in [-0.39, 0.29) is 16.2 Å². The van der Waals surface area contributed by atoms with Crippen LogP contribution in [0.1, 0.15) is 50.3 Å². The van der Waals surface area contributed by atoms with Gasteiger partial charge in [0.1, 0.15) is 0 Å². The molecule has 0 radical (unpaired) electrons. The molecule has 0 aromatic heterocycles. The van der Waals surface area contributed by atoms with Crippen molar-refractivity contribution >= 4 is 21.6 Å². The van der Waals surface area contributed by atoms with Crippen molar-refractivity contribution in [3.8, 4) is 0 Å². The third-order valence-electron chi connectivity index (χ3n) is 6.44. The first-order valence-electron chi connectivity index (χ1n) is 10.5. The van der Waals surface area contributed by atoms with Gasteiger partial charge in [0.05, 0.1) is 10.3 Å². The number of nitrogens with zero attached hydrogens (tertiary/aromatic N) is 2. The van der Waals surface area contributed by atoms with Gasteiger partial charge in [-0.3, -0.25) is 4.79 Å². The van der Waals surface area contributed by atoms with Crippen LogP contribution >= 0.6 is 0 Å². The minimum atomic E-state index is -3.54. The lowest BCUT2D eigenvalue weighted by molar-refractivity contribution is -0.120. The number of benzene rings is 2. The highest BCUT2D eigenvalue weighted by atomic mass is 32.2. The standard InChI is InChI=1S/C24H30N2O3S/c1-23(2,3)18-7-9-19(10-8-18)24(13-14-24)22(27)26-15-12-17-6-11-20(16-21(17)26)30(28,29)25(4)5/h6-11,16H,12-15H2,1-5H3. The summed E-state index contributed by atoms with van der Waals surface area (Å²) in [5.74, 6) is 0.0872. The summed E-state index contributed by atoms with van der Waals surface area (Å²) in [5.41, 5.74) is 3.67. The molecule has 1 fully saturated rings. The lowest BCUT2D eigenvalue weighted by Gasteiger charge is -2.26. The van der Waals surface area contributed by atoms with Crippen LogP contribution in [-0.2, 0) is 32.1 Å². The van der Waals surface area contributed by atoms with E-state index >= 15 is 0 Å². The lowest BCUT2D eigenvalue weighted by atomic mass is 9.84. The predicted molar refractivity (Wildman–Crippen MR) is 119 cm³/mol. The average molecular weight is 427 g/mol. The number of carbonyl (C=O) groups is 1. The first-order valence-corrected chi connectivity index (χ1v) is 11.9. The van der Waals surface area contributed by atoms with E-state index in [4.69, 9.17) is 0 Å². The van der Waals surface area contributed by atoms with Crippen LogP contribution in [0.4, 0.5) is 5.69 Å². The highest BCUT2D eigenvalue weighted by Crippen LogP contribution is 2.51. The molecular formula is C24H30N2O3S. The maximum atomic E-state index is 13.6. The zero-order chi connectivity index (χ0) is 21.9. The van der Waals surface area contributed by atoms with E-state index in [0.717, 1.165) is 36.1 Å². The molecule has 1 aliphatic heterocycles. The van der Waals surface area contributed by atoms with Crippen molar-refractivity contribution in [3.63, 3.8) is 0 Å². The number of sulfonamides is 1. The molecule has 0 N–H and O–H groups in total. The second kappa shape index (κ2) is 6.92. The molecule has 30 heavy (non-hydrogen) atoms. The Balaban J connectivity index is 1.66. The van der Waals surface area contributed by atoms with Crippen molar-refractivity contribution in [2.75, 3.05) is 25.5 Å². The fourth-order valence-corrected chi connectivity index (χ4v) is 5.16. The summed E-state index contributed by atoms with van der Waals surface area (Å²) in [6.07, 6.45) is 2.42. The van der Waals surface area contributed by atoms with Gasteiger partial charge in [-0.2, -0.15) is 0 Å². The number of amides is 1. The van der Waals surface area contributed by atoms with E-state index in [9.17, 15) is 13.2 Å². The van der Waals surface area contributed by atoms with Gasteiger partial charge in [-0.05, 0) is 53.5 Å². The maximum absolute atomic E-state index is 13.6. The molecule has 1 amide bonds. The maximum Gasteiger partial charge on any atom is 0.242 e. The normalized spacial score (nSPS) is 17.9. The van der Waals surface area contributed by atoms with E-state index in [1.165, 1.54) is 24.0 Å². The smallest absolute Gasteiger partial charge is 0.242 e. The fourth-order valence-electron chi connectivity index (χ4n) is 4.24. The van der Waals surface area contributed by atoms with E-state index in [0.29, 0.717) is 6.54 Å². The number of rotatable bonds is 4. The summed E-state index contributed by atoms with van der Waals surface area (Å²) in [6, 6.07) is 13.6. The van der Waals surface area contributed by atoms with Gasteiger partial charge in [0.15, 0.2) is 0 Å². The second-order valence-corrected chi connectivity index (χ2v) is 11.8. The summed E-state index contributed by atoms with van der Waals surface area (Å²) >= 11 is 0. The number of hydrogen-bond acceptors (Lipinski definition) is 3. The van der Waals surface area contributed by atoms with Crippen molar-refractivity contribution in [2.24, 2.45) is 0 Å². The van der Waals surface area contributed by atoms with Gasteiger partial charge in [0, 0.05) is 26.3 Å².